The lowest BCUT2D eigenvalue weighted by Gasteiger charge is -2.38. The molecule has 0 amide bonds. The van der Waals surface area contributed by atoms with E-state index in [2.05, 4.69) is 10.3 Å². The number of nitrogens with one attached hydrogen (secondary N) is 1. The maximum Gasteiger partial charge on any atom is 0.351 e. The molecule has 1 aliphatic heterocycles. The number of carboxylic acids is 1. The van der Waals surface area contributed by atoms with E-state index in [0.717, 1.165) is 21.3 Å². The second-order valence-corrected chi connectivity index (χ2v) is 9.95. The molecule has 0 aliphatic carbocycles. The van der Waals surface area contributed by atoms with Gasteiger partial charge in [-0.15, -0.1) is 0 Å². The Morgan fingerprint density at radius 3 is 2.12 bits per heavy atom. The molecule has 5 rings (SSSR count). The summed E-state index contributed by atoms with van der Waals surface area (Å²) in [5.74, 6) is -1.15. The summed E-state index contributed by atoms with van der Waals surface area (Å²) < 4.78 is 12.8. The summed E-state index contributed by atoms with van der Waals surface area (Å²) >= 11 is 0. The van der Waals surface area contributed by atoms with Crippen LogP contribution in [0, 0.1) is 5.92 Å². The lowest BCUT2D eigenvalue weighted by atomic mass is 9.76. The van der Waals surface area contributed by atoms with E-state index in [4.69, 9.17) is 15.2 Å². The van der Waals surface area contributed by atoms with E-state index in [1.54, 1.807) is 7.11 Å². The molecule has 0 spiro atoms. The van der Waals surface area contributed by atoms with E-state index in [9.17, 15) is 19.8 Å². The van der Waals surface area contributed by atoms with Gasteiger partial charge in [0.1, 0.15) is 17.7 Å². The van der Waals surface area contributed by atoms with Crippen molar-refractivity contribution in [1.29, 1.82) is 0 Å². The van der Waals surface area contributed by atoms with Crippen LogP contribution < -0.4 is 21.5 Å². The first-order valence-corrected chi connectivity index (χ1v) is 13.2. The normalized spacial score (nSPS) is 20.5. The van der Waals surface area contributed by atoms with Gasteiger partial charge in [0.25, 0.3) is 0 Å². The summed E-state index contributed by atoms with van der Waals surface area (Å²) in [5, 5.41) is 24.6. The third-order valence-electron chi connectivity index (χ3n) is 7.56. The van der Waals surface area contributed by atoms with Crippen molar-refractivity contribution in [3.05, 3.63) is 124 Å². The van der Waals surface area contributed by atoms with Crippen molar-refractivity contribution in [2.45, 2.75) is 30.4 Å². The molecule has 3 aromatic carbocycles. The number of nitrogen functional groups attached to an aromatic ring is 1. The molecule has 212 valence electrons. The quantitative estimate of drug-likeness (QED) is 0.216. The third kappa shape index (κ3) is 5.58. The number of carbonyl (C=O) groups is 1. The fraction of sp³-hybridized carbons (Fsp3) is 0.258. The second kappa shape index (κ2) is 11.9. The van der Waals surface area contributed by atoms with E-state index < -0.39 is 41.6 Å². The predicted octanol–water partition coefficient (Wildman–Crippen LogP) is 2.77. The van der Waals surface area contributed by atoms with Crippen molar-refractivity contribution in [2.75, 3.05) is 19.4 Å². The van der Waals surface area contributed by atoms with E-state index in [-0.39, 0.29) is 18.8 Å². The number of aliphatic hydroxyl groups is 1. The highest BCUT2D eigenvalue weighted by Gasteiger charge is 2.47. The van der Waals surface area contributed by atoms with Gasteiger partial charge in [-0.05, 0) is 34.9 Å². The van der Waals surface area contributed by atoms with Gasteiger partial charge in [0, 0.05) is 18.7 Å². The SMILES string of the molecule is COc1ccc(C(NC[C@H]2O[C@@H](n3ccc(N)nc3=O)[C@H](O)[C@@H]2CC(=O)O)(c2ccccc2)c2ccccc2)cc1. The molecule has 4 atom stereocenters. The topological polar surface area (TPSA) is 149 Å². The maximum atomic E-state index is 12.6. The zero-order valence-electron chi connectivity index (χ0n) is 22.5. The summed E-state index contributed by atoms with van der Waals surface area (Å²) in [6.07, 6.45) is -2.13. The van der Waals surface area contributed by atoms with Crippen LogP contribution in [0.1, 0.15) is 29.3 Å². The van der Waals surface area contributed by atoms with Gasteiger partial charge in [0.05, 0.1) is 25.2 Å². The second-order valence-electron chi connectivity index (χ2n) is 9.95. The molecule has 0 saturated carbocycles. The molecule has 1 saturated heterocycles. The van der Waals surface area contributed by atoms with Gasteiger partial charge in [-0.3, -0.25) is 14.7 Å². The van der Waals surface area contributed by atoms with Gasteiger partial charge in [0.2, 0.25) is 0 Å². The monoisotopic (exact) mass is 556 g/mol. The predicted molar refractivity (Wildman–Crippen MR) is 152 cm³/mol. The number of rotatable bonds is 10. The molecular weight excluding hydrogens is 524 g/mol. The first-order valence-electron chi connectivity index (χ1n) is 13.2. The molecule has 41 heavy (non-hydrogen) atoms. The van der Waals surface area contributed by atoms with E-state index >= 15 is 0 Å². The Morgan fingerprint density at radius 2 is 1.59 bits per heavy atom. The van der Waals surface area contributed by atoms with Crippen LogP contribution in [0.2, 0.25) is 0 Å². The number of aliphatic hydroxyl groups excluding tert-OH is 1. The van der Waals surface area contributed by atoms with Gasteiger partial charge in [-0.25, -0.2) is 4.79 Å². The number of aliphatic carboxylic acids is 1. The van der Waals surface area contributed by atoms with Gasteiger partial charge < -0.3 is 25.4 Å². The van der Waals surface area contributed by atoms with Crippen LogP contribution in [0.3, 0.4) is 0 Å². The molecule has 0 bridgehead atoms. The number of carboxylic acid groups (broad SMARTS) is 1. The Balaban J connectivity index is 1.57. The van der Waals surface area contributed by atoms with Crippen LogP contribution in [-0.2, 0) is 15.1 Å². The Kier molecular flexibility index (Phi) is 8.16. The number of methoxy groups -OCH3 is 1. The molecule has 0 unspecified atom stereocenters. The first kappa shape index (κ1) is 28.0. The summed E-state index contributed by atoms with van der Waals surface area (Å²) in [5.41, 5.74) is 6.87. The average Bonchev–Trinajstić information content (AvgIpc) is 3.28. The van der Waals surface area contributed by atoms with Crippen molar-refractivity contribution in [3.8, 4) is 5.75 Å². The number of benzene rings is 3. The van der Waals surface area contributed by atoms with Crippen LogP contribution in [-0.4, -0.2) is 51.6 Å². The molecule has 1 aromatic heterocycles. The molecule has 1 aliphatic rings. The van der Waals surface area contributed by atoms with E-state index in [0.29, 0.717) is 5.75 Å². The van der Waals surface area contributed by atoms with Gasteiger partial charge in [-0.1, -0.05) is 72.8 Å². The van der Waals surface area contributed by atoms with Crippen molar-refractivity contribution in [3.63, 3.8) is 0 Å². The highest BCUT2D eigenvalue weighted by Crippen LogP contribution is 2.40. The zero-order valence-corrected chi connectivity index (χ0v) is 22.5. The largest absolute Gasteiger partial charge is 0.497 e. The summed E-state index contributed by atoms with van der Waals surface area (Å²) in [6, 6.07) is 28.9. The van der Waals surface area contributed by atoms with Crippen LogP contribution in [0.5, 0.6) is 5.75 Å². The minimum atomic E-state index is -1.27. The summed E-state index contributed by atoms with van der Waals surface area (Å²) in [7, 11) is 1.61. The fourth-order valence-corrected chi connectivity index (χ4v) is 5.57. The molecule has 4 aromatic rings. The summed E-state index contributed by atoms with van der Waals surface area (Å²) in [4.78, 5) is 28.1. The van der Waals surface area contributed by atoms with Gasteiger partial charge in [0.15, 0.2) is 6.23 Å². The molecule has 0 radical (unpaired) electrons. The number of nitrogens with zero attached hydrogens (tertiary/aromatic N) is 2. The minimum absolute atomic E-state index is 0.0361. The average molecular weight is 557 g/mol. The Morgan fingerprint density at radius 1 is 1.00 bits per heavy atom. The zero-order chi connectivity index (χ0) is 29.0. The van der Waals surface area contributed by atoms with Crippen LogP contribution in [0.25, 0.3) is 0 Å². The summed E-state index contributed by atoms with van der Waals surface area (Å²) in [6.45, 7) is 0.151. The van der Waals surface area contributed by atoms with Crippen molar-refractivity contribution < 1.29 is 24.5 Å². The number of nitrogens with two attached hydrogens (primary N) is 1. The van der Waals surface area contributed by atoms with Crippen molar-refractivity contribution in [2.24, 2.45) is 5.92 Å². The molecule has 5 N–H and O–H groups in total. The van der Waals surface area contributed by atoms with Gasteiger partial charge >= 0.3 is 11.7 Å². The maximum absolute atomic E-state index is 12.6. The van der Waals surface area contributed by atoms with Crippen LogP contribution in [0.4, 0.5) is 5.82 Å². The number of aromatic nitrogens is 2. The van der Waals surface area contributed by atoms with E-state index in [1.807, 2.05) is 84.9 Å². The molecular formula is C31H32N4O6. The number of hydrogen-bond acceptors (Lipinski definition) is 8. The number of ether oxygens (including phenoxy) is 2. The van der Waals surface area contributed by atoms with Crippen LogP contribution in [0.15, 0.2) is 102 Å². The van der Waals surface area contributed by atoms with E-state index in [1.165, 1.54) is 12.3 Å². The Bertz CT molecular complexity index is 1490. The first-order chi connectivity index (χ1) is 19.8. The minimum Gasteiger partial charge on any atom is -0.497 e. The number of anilines is 1. The highest BCUT2D eigenvalue weighted by atomic mass is 16.5. The van der Waals surface area contributed by atoms with Crippen LogP contribution >= 0.6 is 0 Å². The molecule has 2 heterocycles. The molecule has 10 nitrogen and oxygen atoms in total. The Hall–Kier alpha value is -4.51. The third-order valence-corrected chi connectivity index (χ3v) is 7.56. The number of hydrogen-bond donors (Lipinski definition) is 4. The molecule has 10 heteroatoms. The molecule has 1 fully saturated rings. The van der Waals surface area contributed by atoms with Gasteiger partial charge in [-0.2, -0.15) is 4.98 Å². The lowest BCUT2D eigenvalue weighted by Crippen LogP contribution is -2.49. The smallest absolute Gasteiger partial charge is 0.351 e. The lowest BCUT2D eigenvalue weighted by molar-refractivity contribution is -0.139. The van der Waals surface area contributed by atoms with Crippen molar-refractivity contribution >= 4 is 11.8 Å². The Labute approximate surface area is 237 Å². The standard InChI is InChI=1S/C31H32N4O6/c1-40-23-14-12-22(13-15-23)31(20-8-4-2-5-9-20,21-10-6-3-7-11-21)33-19-25-24(18-27(36)37)28(38)29(41-25)35-17-16-26(32)34-30(35)39/h2-17,24-25,28-29,33,38H,18-19H2,1H3,(H,36,37)(H2,32,34,39)/t24-,25-,28-,29-/m1/s1. The fourth-order valence-electron chi connectivity index (χ4n) is 5.57. The van der Waals surface area contributed by atoms with Crippen molar-refractivity contribution in [1.82, 2.24) is 14.9 Å². The highest BCUT2D eigenvalue weighted by molar-refractivity contribution is 5.67.